The summed E-state index contributed by atoms with van der Waals surface area (Å²) < 4.78 is 19.0. The van der Waals surface area contributed by atoms with Crippen molar-refractivity contribution in [1.29, 1.82) is 0 Å². The van der Waals surface area contributed by atoms with E-state index < -0.39 is 0 Å². The highest BCUT2D eigenvalue weighted by Gasteiger charge is 2.19. The first-order chi connectivity index (χ1) is 14.1. The van der Waals surface area contributed by atoms with E-state index in [4.69, 9.17) is 4.74 Å². The highest BCUT2D eigenvalue weighted by Crippen LogP contribution is 2.18. The summed E-state index contributed by atoms with van der Waals surface area (Å²) in [4.78, 5) is 4.68. The zero-order chi connectivity index (χ0) is 20.5. The fourth-order valence-corrected chi connectivity index (χ4v) is 3.39. The topological polar surface area (TPSA) is 65.9 Å². The zero-order valence-corrected chi connectivity index (χ0v) is 16.9. The molecule has 6 heteroatoms. The van der Waals surface area contributed by atoms with Gasteiger partial charge in [0.1, 0.15) is 18.2 Å². The van der Waals surface area contributed by atoms with Gasteiger partial charge in [0, 0.05) is 12.6 Å². The second kappa shape index (κ2) is 10.8. The minimum absolute atomic E-state index is 0.158. The first kappa shape index (κ1) is 21.1. The third-order valence-electron chi connectivity index (χ3n) is 5.02. The summed E-state index contributed by atoms with van der Waals surface area (Å²) in [6, 6.07) is 14.6. The Hall–Kier alpha value is -2.60. The SMILES string of the molecule is CCNC(=NCc1ccc(OCc2cccc(F)c2)cc1)NC1CCC(O)CC1. The van der Waals surface area contributed by atoms with Crippen LogP contribution in [0.4, 0.5) is 4.39 Å². The van der Waals surface area contributed by atoms with Gasteiger partial charge < -0.3 is 20.5 Å². The summed E-state index contributed by atoms with van der Waals surface area (Å²) in [6.07, 6.45) is 3.45. The van der Waals surface area contributed by atoms with Gasteiger partial charge in [0.05, 0.1) is 12.6 Å². The van der Waals surface area contributed by atoms with Gasteiger partial charge in [0.15, 0.2) is 5.96 Å². The molecule has 0 spiro atoms. The van der Waals surface area contributed by atoms with Crippen LogP contribution in [0.2, 0.25) is 0 Å². The van der Waals surface area contributed by atoms with Gasteiger partial charge in [0.25, 0.3) is 0 Å². The Morgan fingerprint density at radius 1 is 1.10 bits per heavy atom. The molecule has 5 nitrogen and oxygen atoms in total. The van der Waals surface area contributed by atoms with Gasteiger partial charge in [-0.05, 0) is 68.0 Å². The van der Waals surface area contributed by atoms with Gasteiger partial charge in [-0.15, -0.1) is 0 Å². The van der Waals surface area contributed by atoms with E-state index in [0.717, 1.165) is 55.1 Å². The number of hydrogen-bond donors (Lipinski definition) is 3. The molecular weight excluding hydrogens is 369 g/mol. The van der Waals surface area contributed by atoms with E-state index in [1.54, 1.807) is 6.07 Å². The Bertz CT molecular complexity index is 787. The average Bonchev–Trinajstić information content (AvgIpc) is 2.73. The molecule has 0 radical (unpaired) electrons. The van der Waals surface area contributed by atoms with E-state index in [1.807, 2.05) is 37.3 Å². The lowest BCUT2D eigenvalue weighted by atomic mass is 9.93. The van der Waals surface area contributed by atoms with Crippen molar-refractivity contribution in [2.45, 2.75) is 57.9 Å². The van der Waals surface area contributed by atoms with Crippen molar-refractivity contribution in [3.8, 4) is 5.75 Å². The van der Waals surface area contributed by atoms with Crippen molar-refractivity contribution in [1.82, 2.24) is 10.6 Å². The van der Waals surface area contributed by atoms with Crippen molar-refractivity contribution in [2.24, 2.45) is 4.99 Å². The lowest BCUT2D eigenvalue weighted by Crippen LogP contribution is -2.45. The second-order valence-electron chi connectivity index (χ2n) is 7.41. The summed E-state index contributed by atoms with van der Waals surface area (Å²) >= 11 is 0. The fourth-order valence-electron chi connectivity index (χ4n) is 3.39. The van der Waals surface area contributed by atoms with Gasteiger partial charge in [-0.1, -0.05) is 24.3 Å². The molecule has 0 aliphatic heterocycles. The lowest BCUT2D eigenvalue weighted by Gasteiger charge is -2.27. The molecule has 1 aliphatic rings. The maximum Gasteiger partial charge on any atom is 0.191 e. The minimum atomic E-state index is -0.256. The van der Waals surface area contributed by atoms with Crippen LogP contribution in [0, 0.1) is 5.82 Å². The summed E-state index contributed by atoms with van der Waals surface area (Å²) in [5.74, 6) is 1.29. The monoisotopic (exact) mass is 399 g/mol. The Morgan fingerprint density at radius 3 is 2.55 bits per heavy atom. The van der Waals surface area contributed by atoms with Crippen LogP contribution in [-0.2, 0) is 13.2 Å². The molecule has 29 heavy (non-hydrogen) atoms. The molecule has 2 aromatic carbocycles. The highest BCUT2D eigenvalue weighted by molar-refractivity contribution is 5.80. The number of nitrogens with one attached hydrogen (secondary N) is 2. The predicted octanol–water partition coefficient (Wildman–Crippen LogP) is 3.76. The second-order valence-corrected chi connectivity index (χ2v) is 7.41. The van der Waals surface area contributed by atoms with Crippen LogP contribution >= 0.6 is 0 Å². The summed E-state index contributed by atoms with van der Waals surface area (Å²) in [5, 5.41) is 16.4. The number of guanidine groups is 1. The summed E-state index contributed by atoms with van der Waals surface area (Å²) in [6.45, 7) is 3.75. The standard InChI is InChI=1S/C23H30FN3O2/c1-2-25-23(27-20-8-10-21(28)11-9-20)26-15-17-6-12-22(13-7-17)29-16-18-4-3-5-19(24)14-18/h3-7,12-14,20-21,28H,2,8-11,15-16H2,1H3,(H2,25,26,27). The number of ether oxygens (including phenoxy) is 1. The maximum atomic E-state index is 13.2. The number of halogens is 1. The first-order valence-electron chi connectivity index (χ1n) is 10.3. The number of hydrogen-bond acceptors (Lipinski definition) is 3. The number of aliphatic hydroxyl groups excluding tert-OH is 1. The summed E-state index contributed by atoms with van der Waals surface area (Å²) in [7, 11) is 0. The van der Waals surface area contributed by atoms with Gasteiger partial charge in [-0.2, -0.15) is 0 Å². The van der Waals surface area contributed by atoms with Crippen molar-refractivity contribution >= 4 is 5.96 Å². The van der Waals surface area contributed by atoms with Crippen molar-refractivity contribution < 1.29 is 14.2 Å². The number of rotatable bonds is 7. The van der Waals surface area contributed by atoms with Crippen LogP contribution in [0.15, 0.2) is 53.5 Å². The van der Waals surface area contributed by atoms with Crippen molar-refractivity contribution in [2.75, 3.05) is 6.54 Å². The zero-order valence-electron chi connectivity index (χ0n) is 16.9. The van der Waals surface area contributed by atoms with E-state index in [-0.39, 0.29) is 11.9 Å². The average molecular weight is 400 g/mol. The molecule has 156 valence electrons. The van der Waals surface area contributed by atoms with Crippen LogP contribution in [-0.4, -0.2) is 29.8 Å². The molecule has 3 rings (SSSR count). The molecule has 1 saturated carbocycles. The first-order valence-corrected chi connectivity index (χ1v) is 10.3. The van der Waals surface area contributed by atoms with Crippen LogP contribution in [0.3, 0.4) is 0 Å². The highest BCUT2D eigenvalue weighted by atomic mass is 19.1. The van der Waals surface area contributed by atoms with Gasteiger partial charge in [-0.25, -0.2) is 9.38 Å². The Morgan fingerprint density at radius 2 is 1.86 bits per heavy atom. The number of aliphatic imine (C=N–C) groups is 1. The molecular formula is C23H30FN3O2. The van der Waals surface area contributed by atoms with Crippen molar-refractivity contribution in [3.63, 3.8) is 0 Å². The van der Waals surface area contributed by atoms with E-state index in [0.29, 0.717) is 19.2 Å². The summed E-state index contributed by atoms with van der Waals surface area (Å²) in [5.41, 5.74) is 1.88. The van der Waals surface area contributed by atoms with E-state index in [9.17, 15) is 9.50 Å². The molecule has 0 amide bonds. The number of aliphatic hydroxyl groups is 1. The lowest BCUT2D eigenvalue weighted by molar-refractivity contribution is 0.120. The van der Waals surface area contributed by atoms with Crippen LogP contribution in [0.1, 0.15) is 43.7 Å². The van der Waals surface area contributed by atoms with E-state index >= 15 is 0 Å². The Kier molecular flexibility index (Phi) is 7.87. The van der Waals surface area contributed by atoms with Gasteiger partial charge in [-0.3, -0.25) is 0 Å². The molecule has 3 N–H and O–H groups in total. The molecule has 0 saturated heterocycles. The smallest absolute Gasteiger partial charge is 0.191 e. The van der Waals surface area contributed by atoms with Crippen molar-refractivity contribution in [3.05, 3.63) is 65.5 Å². The van der Waals surface area contributed by atoms with Crippen LogP contribution < -0.4 is 15.4 Å². The molecule has 0 unspecified atom stereocenters. The van der Waals surface area contributed by atoms with Crippen LogP contribution in [0.25, 0.3) is 0 Å². The molecule has 0 aromatic heterocycles. The normalized spacial score (nSPS) is 19.6. The Labute approximate surface area is 172 Å². The molecule has 0 atom stereocenters. The third kappa shape index (κ3) is 7.06. The largest absolute Gasteiger partial charge is 0.489 e. The van der Waals surface area contributed by atoms with E-state index in [2.05, 4.69) is 15.6 Å². The molecule has 0 bridgehead atoms. The third-order valence-corrected chi connectivity index (χ3v) is 5.02. The molecule has 0 heterocycles. The maximum absolute atomic E-state index is 13.2. The van der Waals surface area contributed by atoms with Gasteiger partial charge >= 0.3 is 0 Å². The van der Waals surface area contributed by atoms with Crippen LogP contribution in [0.5, 0.6) is 5.75 Å². The van der Waals surface area contributed by atoms with Gasteiger partial charge in [0.2, 0.25) is 0 Å². The quantitative estimate of drug-likeness (QED) is 0.490. The Balaban J connectivity index is 1.51. The number of benzene rings is 2. The minimum Gasteiger partial charge on any atom is -0.489 e. The molecule has 2 aromatic rings. The molecule has 1 fully saturated rings. The fraction of sp³-hybridized carbons (Fsp3) is 0.435. The molecule has 1 aliphatic carbocycles. The van der Waals surface area contributed by atoms with E-state index in [1.165, 1.54) is 12.1 Å². The predicted molar refractivity (Wildman–Crippen MR) is 113 cm³/mol. The number of nitrogens with zero attached hydrogens (tertiary/aromatic N) is 1.